The highest BCUT2D eigenvalue weighted by molar-refractivity contribution is 6.68. The number of carbonyl (C=O) groups is 2. The maximum atomic E-state index is 12.1. The van der Waals surface area contributed by atoms with Gasteiger partial charge in [-0.3, -0.25) is 14.6 Å². The number of benzene rings is 1. The van der Waals surface area contributed by atoms with Crippen molar-refractivity contribution in [2.24, 2.45) is 4.99 Å². The number of rotatable bonds is 3. The van der Waals surface area contributed by atoms with Crippen molar-refractivity contribution >= 4 is 46.4 Å². The molecule has 1 aliphatic rings. The lowest BCUT2D eigenvalue weighted by Gasteiger charge is -2.12. The molecule has 0 saturated carbocycles. The van der Waals surface area contributed by atoms with Crippen LogP contribution < -0.4 is 4.90 Å². The molecule has 6 heteroatoms. The summed E-state index contributed by atoms with van der Waals surface area (Å²) in [7, 11) is 0. The first-order chi connectivity index (χ1) is 9.06. The number of nitrogens with zero attached hydrogens (tertiary/aromatic N) is 2. The molecule has 2 rings (SSSR count). The number of alkyl halides is 1. The van der Waals surface area contributed by atoms with Gasteiger partial charge in [-0.05, 0) is 24.3 Å². The van der Waals surface area contributed by atoms with Crippen LogP contribution in [0.3, 0.4) is 0 Å². The van der Waals surface area contributed by atoms with Crippen LogP contribution in [-0.2, 0) is 9.59 Å². The van der Waals surface area contributed by atoms with E-state index in [0.29, 0.717) is 10.7 Å². The summed E-state index contributed by atoms with van der Waals surface area (Å²) in [4.78, 5) is 29.1. The van der Waals surface area contributed by atoms with Crippen molar-refractivity contribution in [3.05, 3.63) is 41.9 Å². The largest absolute Gasteiger partial charge is 0.281 e. The molecular formula is C13H10Cl2N2O2. The molecule has 1 aromatic carbocycles. The van der Waals surface area contributed by atoms with E-state index in [-0.39, 0.29) is 12.3 Å². The van der Waals surface area contributed by atoms with E-state index in [1.165, 1.54) is 6.08 Å². The molecule has 0 bridgehead atoms. The van der Waals surface area contributed by atoms with E-state index < -0.39 is 17.2 Å². The predicted octanol–water partition coefficient (Wildman–Crippen LogP) is 2.45. The lowest BCUT2D eigenvalue weighted by atomic mass is 10.3. The van der Waals surface area contributed by atoms with Gasteiger partial charge >= 0.3 is 0 Å². The Bertz CT molecular complexity index is 567. The van der Waals surface area contributed by atoms with Crippen LogP contribution in [0.4, 0.5) is 5.69 Å². The quantitative estimate of drug-likeness (QED) is 0.489. The van der Waals surface area contributed by atoms with E-state index in [1.807, 2.05) is 0 Å². The molecule has 2 amide bonds. The van der Waals surface area contributed by atoms with E-state index in [2.05, 4.69) is 11.6 Å². The summed E-state index contributed by atoms with van der Waals surface area (Å²) >= 11 is 11.7. The van der Waals surface area contributed by atoms with E-state index in [1.54, 1.807) is 24.3 Å². The highest BCUT2D eigenvalue weighted by Gasteiger charge is 2.44. The van der Waals surface area contributed by atoms with Crippen LogP contribution in [-0.4, -0.2) is 29.4 Å². The minimum atomic E-state index is -1.05. The second kappa shape index (κ2) is 5.55. The number of amides is 2. The lowest BCUT2D eigenvalue weighted by Crippen LogP contribution is -2.31. The smallest absolute Gasteiger partial charge is 0.278 e. The van der Waals surface area contributed by atoms with Gasteiger partial charge in [0, 0.05) is 5.02 Å². The molecule has 19 heavy (non-hydrogen) atoms. The van der Waals surface area contributed by atoms with Crippen molar-refractivity contribution in [1.29, 1.82) is 0 Å². The maximum Gasteiger partial charge on any atom is 0.281 e. The molecule has 1 fully saturated rings. The van der Waals surface area contributed by atoms with Gasteiger partial charge in [-0.25, -0.2) is 4.90 Å². The van der Waals surface area contributed by atoms with Crippen LogP contribution >= 0.6 is 23.2 Å². The number of hydrogen-bond donors (Lipinski definition) is 0. The molecule has 0 radical (unpaired) electrons. The van der Waals surface area contributed by atoms with Crippen molar-refractivity contribution in [2.75, 3.05) is 11.4 Å². The Labute approximate surface area is 120 Å². The van der Waals surface area contributed by atoms with Gasteiger partial charge in [-0.2, -0.15) is 0 Å². The summed E-state index contributed by atoms with van der Waals surface area (Å²) in [6, 6.07) is 6.36. The summed E-state index contributed by atoms with van der Waals surface area (Å²) in [5, 5.41) is -0.533. The molecule has 0 spiro atoms. The maximum absolute atomic E-state index is 12.1. The minimum Gasteiger partial charge on any atom is -0.278 e. The van der Waals surface area contributed by atoms with Crippen LogP contribution in [0, 0.1) is 0 Å². The van der Waals surface area contributed by atoms with Crippen molar-refractivity contribution in [1.82, 2.24) is 0 Å². The Hall–Kier alpha value is -1.65. The van der Waals surface area contributed by atoms with Gasteiger partial charge < -0.3 is 0 Å². The first kappa shape index (κ1) is 13.8. The first-order valence-corrected chi connectivity index (χ1v) is 6.31. The lowest BCUT2D eigenvalue weighted by molar-refractivity contribution is -0.120. The Morgan fingerprint density at radius 1 is 1.32 bits per heavy atom. The van der Waals surface area contributed by atoms with E-state index in [9.17, 15) is 9.59 Å². The summed E-state index contributed by atoms with van der Waals surface area (Å²) in [6.45, 7) is 3.75. The van der Waals surface area contributed by atoms with Gasteiger partial charge in [-0.1, -0.05) is 17.7 Å². The van der Waals surface area contributed by atoms with E-state index in [0.717, 1.165) is 4.90 Å². The van der Waals surface area contributed by atoms with Crippen molar-refractivity contribution in [2.45, 2.75) is 5.38 Å². The number of imide groups is 1. The summed E-state index contributed by atoms with van der Waals surface area (Å²) < 4.78 is 0. The van der Waals surface area contributed by atoms with E-state index in [4.69, 9.17) is 23.2 Å². The second-order valence-corrected chi connectivity index (χ2v) is 4.71. The zero-order valence-electron chi connectivity index (χ0n) is 9.85. The topological polar surface area (TPSA) is 49.7 Å². The average Bonchev–Trinajstić information content (AvgIpc) is 2.60. The van der Waals surface area contributed by atoms with Gasteiger partial charge in [0.2, 0.25) is 0 Å². The molecular weight excluding hydrogens is 287 g/mol. The molecule has 0 aliphatic carbocycles. The average molecular weight is 297 g/mol. The number of carbonyl (C=O) groups excluding carboxylic acids is 2. The summed E-state index contributed by atoms with van der Waals surface area (Å²) in [6.07, 6.45) is 1.53. The first-order valence-electron chi connectivity index (χ1n) is 5.49. The number of hydrogen-bond acceptors (Lipinski definition) is 3. The fourth-order valence-corrected chi connectivity index (χ4v) is 2.08. The van der Waals surface area contributed by atoms with Crippen molar-refractivity contribution < 1.29 is 9.59 Å². The van der Waals surface area contributed by atoms with Crippen LogP contribution in [0.2, 0.25) is 5.02 Å². The Balaban J connectivity index is 2.37. The predicted molar refractivity (Wildman–Crippen MR) is 76.1 cm³/mol. The Morgan fingerprint density at radius 2 is 1.95 bits per heavy atom. The molecule has 1 atom stereocenters. The molecule has 4 nitrogen and oxygen atoms in total. The number of aliphatic imine (C=N–C) groups is 1. The van der Waals surface area contributed by atoms with Crippen LogP contribution in [0.1, 0.15) is 0 Å². The van der Waals surface area contributed by atoms with Crippen LogP contribution in [0.5, 0.6) is 0 Å². The molecule has 1 heterocycles. The number of halogens is 2. The third kappa shape index (κ3) is 2.55. The van der Waals surface area contributed by atoms with Crippen molar-refractivity contribution in [3.63, 3.8) is 0 Å². The second-order valence-electron chi connectivity index (χ2n) is 3.83. The molecule has 1 aliphatic heterocycles. The normalized spacial score (nSPS) is 21.3. The van der Waals surface area contributed by atoms with Crippen LogP contribution in [0.25, 0.3) is 0 Å². The number of anilines is 1. The Morgan fingerprint density at radius 3 is 2.53 bits per heavy atom. The fraction of sp³-hybridized carbons (Fsp3) is 0.154. The third-order valence-electron chi connectivity index (χ3n) is 2.58. The highest BCUT2D eigenvalue weighted by Crippen LogP contribution is 2.25. The molecule has 98 valence electrons. The summed E-state index contributed by atoms with van der Waals surface area (Å²) in [5.41, 5.74) is 0.468. The fourth-order valence-electron chi connectivity index (χ4n) is 1.70. The van der Waals surface area contributed by atoms with Gasteiger partial charge in [0.1, 0.15) is 5.71 Å². The third-order valence-corrected chi connectivity index (χ3v) is 3.22. The molecule has 0 aromatic heterocycles. The van der Waals surface area contributed by atoms with Crippen LogP contribution in [0.15, 0.2) is 41.9 Å². The highest BCUT2D eigenvalue weighted by atomic mass is 35.5. The van der Waals surface area contributed by atoms with Gasteiger partial charge in [-0.15, -0.1) is 18.2 Å². The molecule has 1 saturated heterocycles. The molecule has 1 unspecified atom stereocenters. The SMILES string of the molecule is C=CCN=C1C(=O)N(c2ccc(Cl)cc2)C(=O)C1Cl. The summed E-state index contributed by atoms with van der Waals surface area (Å²) in [5.74, 6) is -1.01. The van der Waals surface area contributed by atoms with E-state index >= 15 is 0 Å². The molecule has 0 N–H and O–H groups in total. The molecule has 1 aromatic rings. The zero-order valence-corrected chi connectivity index (χ0v) is 11.4. The standard InChI is InChI=1S/C13H10Cl2N2O2/c1-2-7-16-11-10(15)12(18)17(13(11)19)9-5-3-8(14)4-6-9/h2-6,10H,1,7H2. The monoisotopic (exact) mass is 296 g/mol. The van der Waals surface area contributed by atoms with Crippen molar-refractivity contribution in [3.8, 4) is 0 Å². The minimum absolute atomic E-state index is 0.0431. The Kier molecular flexibility index (Phi) is 4.02. The zero-order chi connectivity index (χ0) is 14.0. The van der Waals surface area contributed by atoms with Gasteiger partial charge in [0.25, 0.3) is 11.8 Å². The van der Waals surface area contributed by atoms with Gasteiger partial charge in [0.05, 0.1) is 12.2 Å². The van der Waals surface area contributed by atoms with Gasteiger partial charge in [0.15, 0.2) is 5.38 Å².